The van der Waals surface area contributed by atoms with Crippen molar-refractivity contribution in [1.29, 1.82) is 0 Å². The van der Waals surface area contributed by atoms with Crippen LogP contribution in [0, 0.1) is 0 Å². The number of aromatic nitrogens is 3. The van der Waals surface area contributed by atoms with Gasteiger partial charge in [-0.3, -0.25) is 0 Å². The van der Waals surface area contributed by atoms with Crippen molar-refractivity contribution in [2.24, 2.45) is 0 Å². The molecule has 4 aromatic rings. The second-order valence-corrected chi connectivity index (χ2v) is 5.48. The van der Waals surface area contributed by atoms with Crippen LogP contribution in [0.15, 0.2) is 59.5 Å². The highest BCUT2D eigenvalue weighted by atomic mass is 16.3. The lowest BCUT2D eigenvalue weighted by molar-refractivity contribution is -0.716. The lowest BCUT2D eigenvalue weighted by Gasteiger charge is -1.97. The maximum absolute atomic E-state index is 6.04. The quantitative estimate of drug-likeness (QED) is 0.525. The van der Waals surface area contributed by atoms with Gasteiger partial charge >= 0.3 is 0 Å². The number of hydrogen-bond acceptors (Lipinski definition) is 2. The van der Waals surface area contributed by atoms with E-state index in [1.807, 2.05) is 47.7 Å². The third kappa shape index (κ3) is 1.83. The smallest absolute Gasteiger partial charge is 0.265 e. The van der Waals surface area contributed by atoms with Gasteiger partial charge in [0.1, 0.15) is 5.58 Å². The summed E-state index contributed by atoms with van der Waals surface area (Å²) in [7, 11) is 0. The summed E-state index contributed by atoms with van der Waals surface area (Å²) in [6, 6.07) is 14.6. The first-order valence-electron chi connectivity index (χ1n) is 7.10. The summed E-state index contributed by atoms with van der Waals surface area (Å²) in [4.78, 5) is 0. The molecule has 104 valence electrons. The molecule has 0 aliphatic heterocycles. The van der Waals surface area contributed by atoms with E-state index in [2.05, 4.69) is 35.6 Å². The minimum absolute atomic E-state index is 0.383. The van der Waals surface area contributed by atoms with Crippen molar-refractivity contribution in [3.63, 3.8) is 0 Å². The number of hydrogen-bond donors (Lipinski definition) is 0. The fraction of sp³-hybridized carbons (Fsp3) is 0.176. The van der Waals surface area contributed by atoms with Crippen molar-refractivity contribution in [2.75, 3.05) is 0 Å². The van der Waals surface area contributed by atoms with Crippen LogP contribution in [0.2, 0.25) is 0 Å². The van der Waals surface area contributed by atoms with Gasteiger partial charge in [-0.05, 0) is 26.0 Å². The molecule has 0 amide bonds. The highest BCUT2D eigenvalue weighted by molar-refractivity contribution is 6.07. The van der Waals surface area contributed by atoms with E-state index in [9.17, 15) is 0 Å². The Morgan fingerprint density at radius 1 is 1.05 bits per heavy atom. The van der Waals surface area contributed by atoms with Crippen LogP contribution < -0.4 is 4.57 Å². The Morgan fingerprint density at radius 2 is 1.86 bits per heavy atom. The first-order valence-corrected chi connectivity index (χ1v) is 7.10. The molecule has 2 heterocycles. The van der Waals surface area contributed by atoms with Crippen molar-refractivity contribution in [2.45, 2.75) is 19.9 Å². The number of nitrogens with zero attached hydrogens (tertiary/aromatic N) is 3. The molecule has 2 aromatic carbocycles. The van der Waals surface area contributed by atoms with Gasteiger partial charge in [-0.25, -0.2) is 4.57 Å². The Bertz CT molecular complexity index is 933. The first-order chi connectivity index (χ1) is 10.2. The molecule has 0 fully saturated rings. The molecule has 0 unspecified atom stereocenters. The van der Waals surface area contributed by atoms with E-state index < -0.39 is 0 Å². The zero-order valence-corrected chi connectivity index (χ0v) is 12.0. The lowest BCUT2D eigenvalue weighted by atomic mass is 10.1. The van der Waals surface area contributed by atoms with Gasteiger partial charge in [-0.15, -0.1) is 0 Å². The van der Waals surface area contributed by atoms with Crippen molar-refractivity contribution >= 4 is 21.9 Å². The van der Waals surface area contributed by atoms with Gasteiger partial charge < -0.3 is 4.42 Å². The summed E-state index contributed by atoms with van der Waals surface area (Å²) >= 11 is 0. The Labute approximate surface area is 122 Å². The highest BCUT2D eigenvalue weighted by Crippen LogP contribution is 2.31. The van der Waals surface area contributed by atoms with Crippen LogP contribution in [0.4, 0.5) is 0 Å². The SMILES string of the molecule is CC(C)[n+]1cnn(-c2cccc3c2oc2ccccc23)c1. The standard InChI is InChI=1S/C17H16N3O/c1-12(2)19-10-18-20(11-19)15-8-5-7-14-13-6-3-4-9-16(13)21-17(14)15/h3-12H,1-2H3/q+1. The molecule has 0 saturated carbocycles. The van der Waals surface area contributed by atoms with Gasteiger partial charge in [-0.2, -0.15) is 0 Å². The topological polar surface area (TPSA) is 34.8 Å². The van der Waals surface area contributed by atoms with Crippen molar-refractivity contribution in [1.82, 2.24) is 9.78 Å². The van der Waals surface area contributed by atoms with Gasteiger partial charge in [-0.1, -0.05) is 35.0 Å². The van der Waals surface area contributed by atoms with Crippen LogP contribution in [0.1, 0.15) is 19.9 Å². The second-order valence-electron chi connectivity index (χ2n) is 5.48. The Kier molecular flexibility index (Phi) is 2.57. The maximum Gasteiger partial charge on any atom is 0.265 e. The molecular formula is C17H16N3O+. The molecule has 4 rings (SSSR count). The van der Waals surface area contributed by atoms with Crippen LogP contribution in [0.5, 0.6) is 0 Å². The number of fused-ring (bicyclic) bond motifs is 3. The lowest BCUT2D eigenvalue weighted by Crippen LogP contribution is -2.33. The van der Waals surface area contributed by atoms with Crippen LogP contribution in [-0.2, 0) is 0 Å². The average Bonchev–Trinajstić information content (AvgIpc) is 3.11. The summed E-state index contributed by atoms with van der Waals surface area (Å²) in [6.45, 7) is 4.27. The van der Waals surface area contributed by atoms with Gasteiger partial charge in [0.15, 0.2) is 11.3 Å². The van der Waals surface area contributed by atoms with E-state index in [0.29, 0.717) is 6.04 Å². The molecule has 0 aliphatic carbocycles. The summed E-state index contributed by atoms with van der Waals surface area (Å²) in [6.07, 6.45) is 3.83. The van der Waals surface area contributed by atoms with Crippen molar-refractivity contribution < 1.29 is 8.98 Å². The summed E-state index contributed by atoms with van der Waals surface area (Å²) in [5.74, 6) is 0. The van der Waals surface area contributed by atoms with E-state index >= 15 is 0 Å². The van der Waals surface area contributed by atoms with E-state index in [1.54, 1.807) is 0 Å². The molecule has 2 aromatic heterocycles. The Morgan fingerprint density at radius 3 is 2.67 bits per heavy atom. The summed E-state index contributed by atoms with van der Waals surface area (Å²) in [5.41, 5.74) is 2.74. The van der Waals surface area contributed by atoms with Crippen LogP contribution in [0.25, 0.3) is 27.6 Å². The predicted molar refractivity (Wildman–Crippen MR) is 81.4 cm³/mol. The van der Waals surface area contributed by atoms with Crippen molar-refractivity contribution in [3.05, 3.63) is 55.1 Å². The largest absolute Gasteiger partial charge is 0.452 e. The van der Waals surface area contributed by atoms with Crippen molar-refractivity contribution in [3.8, 4) is 5.69 Å². The second kappa shape index (κ2) is 4.45. The Balaban J connectivity index is 1.99. The summed E-state index contributed by atoms with van der Waals surface area (Å²) in [5, 5.41) is 6.70. The zero-order valence-electron chi connectivity index (χ0n) is 12.0. The molecule has 0 bridgehead atoms. The minimum atomic E-state index is 0.383. The van der Waals surface area contributed by atoms with E-state index in [4.69, 9.17) is 4.42 Å². The molecule has 0 atom stereocenters. The third-order valence-electron chi connectivity index (χ3n) is 3.78. The molecule has 4 nitrogen and oxygen atoms in total. The van der Waals surface area contributed by atoms with E-state index in [1.165, 1.54) is 0 Å². The molecule has 21 heavy (non-hydrogen) atoms. The van der Waals surface area contributed by atoms with E-state index in [0.717, 1.165) is 27.6 Å². The molecule has 4 heteroatoms. The first kappa shape index (κ1) is 12.1. The summed E-state index contributed by atoms with van der Waals surface area (Å²) < 4.78 is 9.97. The highest BCUT2D eigenvalue weighted by Gasteiger charge is 2.17. The van der Waals surface area contributed by atoms with Crippen LogP contribution in [0.3, 0.4) is 0 Å². The number of furan rings is 1. The molecule has 0 saturated heterocycles. The fourth-order valence-corrected chi connectivity index (χ4v) is 2.60. The molecule has 0 N–H and O–H groups in total. The number of benzene rings is 2. The molecular weight excluding hydrogens is 262 g/mol. The zero-order chi connectivity index (χ0) is 14.4. The van der Waals surface area contributed by atoms with Gasteiger partial charge in [0.25, 0.3) is 6.33 Å². The van der Waals surface area contributed by atoms with Gasteiger partial charge in [0.05, 0.1) is 6.04 Å². The maximum atomic E-state index is 6.04. The third-order valence-corrected chi connectivity index (χ3v) is 3.78. The minimum Gasteiger partial charge on any atom is -0.452 e. The van der Waals surface area contributed by atoms with Crippen LogP contribution in [-0.4, -0.2) is 9.78 Å². The van der Waals surface area contributed by atoms with Gasteiger partial charge in [0, 0.05) is 15.9 Å². The monoisotopic (exact) mass is 278 g/mol. The predicted octanol–water partition coefficient (Wildman–Crippen LogP) is 3.64. The molecule has 0 radical (unpaired) electrons. The number of para-hydroxylation sites is 2. The normalized spacial score (nSPS) is 11.8. The Hall–Kier alpha value is -2.62. The van der Waals surface area contributed by atoms with Gasteiger partial charge in [0.2, 0.25) is 6.33 Å². The molecule has 0 spiro atoms. The molecule has 0 aliphatic rings. The average molecular weight is 278 g/mol. The number of rotatable bonds is 2. The van der Waals surface area contributed by atoms with Crippen LogP contribution >= 0.6 is 0 Å². The van der Waals surface area contributed by atoms with E-state index in [-0.39, 0.29) is 0 Å². The fourth-order valence-electron chi connectivity index (χ4n) is 2.60.